The summed E-state index contributed by atoms with van der Waals surface area (Å²) in [5.41, 5.74) is 6.01. The van der Waals surface area contributed by atoms with Crippen molar-refractivity contribution < 1.29 is 4.79 Å². The van der Waals surface area contributed by atoms with Gasteiger partial charge in [0.05, 0.1) is 21.3 Å². The first-order valence-electron chi connectivity index (χ1n) is 10.8. The molecule has 0 unspecified atom stereocenters. The number of anilines is 3. The van der Waals surface area contributed by atoms with Gasteiger partial charge in [0.15, 0.2) is 0 Å². The van der Waals surface area contributed by atoms with E-state index in [9.17, 15) is 4.79 Å². The number of nitrogens with one attached hydrogen (secondary N) is 3. The van der Waals surface area contributed by atoms with Crippen LogP contribution < -0.4 is 16.0 Å². The molecule has 0 bridgehead atoms. The predicted octanol–water partition coefficient (Wildman–Crippen LogP) is 6.15. The number of amides is 1. The Bertz CT molecular complexity index is 1270. The third kappa shape index (κ3) is 5.85. The van der Waals surface area contributed by atoms with Gasteiger partial charge in [-0.1, -0.05) is 20.8 Å². The smallest absolute Gasteiger partial charge is 0.270 e. The van der Waals surface area contributed by atoms with Crippen molar-refractivity contribution in [2.24, 2.45) is 5.41 Å². The monoisotopic (exact) mass is 480 g/mol. The zero-order chi connectivity index (χ0) is 23.6. The van der Waals surface area contributed by atoms with E-state index in [4.69, 9.17) is 0 Å². The summed E-state index contributed by atoms with van der Waals surface area (Å²) in [5, 5.41) is 12.4. The third-order valence-electron chi connectivity index (χ3n) is 4.70. The molecule has 3 heterocycles. The van der Waals surface area contributed by atoms with Crippen LogP contribution in [0.3, 0.4) is 0 Å². The van der Waals surface area contributed by atoms with Crippen LogP contribution in [0, 0.1) is 5.41 Å². The molecule has 0 aliphatic carbocycles. The van der Waals surface area contributed by atoms with Gasteiger partial charge in [-0.15, -0.1) is 22.7 Å². The van der Waals surface area contributed by atoms with E-state index >= 15 is 0 Å². The SMILES string of the molecule is CC(C)Nc1cc(Nc2ccc3ncsc3c2)ncc1-c1nc(C(=O)NCC(C)(C)C)cs1. The summed E-state index contributed by atoms with van der Waals surface area (Å²) in [6, 6.07) is 8.27. The highest BCUT2D eigenvalue weighted by atomic mass is 32.1. The number of hydrogen-bond donors (Lipinski definition) is 3. The van der Waals surface area contributed by atoms with E-state index in [0.29, 0.717) is 12.2 Å². The predicted molar refractivity (Wildman–Crippen MR) is 139 cm³/mol. The lowest BCUT2D eigenvalue weighted by atomic mass is 9.97. The van der Waals surface area contributed by atoms with Crippen molar-refractivity contribution in [3.63, 3.8) is 0 Å². The minimum atomic E-state index is -0.157. The molecule has 0 spiro atoms. The Morgan fingerprint density at radius 1 is 1.12 bits per heavy atom. The van der Waals surface area contributed by atoms with Crippen LogP contribution in [0.4, 0.5) is 17.2 Å². The summed E-state index contributed by atoms with van der Waals surface area (Å²) < 4.78 is 1.12. The van der Waals surface area contributed by atoms with E-state index in [0.717, 1.165) is 38.0 Å². The summed E-state index contributed by atoms with van der Waals surface area (Å²) in [6.45, 7) is 11.0. The molecule has 172 valence electrons. The number of fused-ring (bicyclic) bond motifs is 1. The molecular weight excluding hydrogens is 452 g/mol. The summed E-state index contributed by atoms with van der Waals surface area (Å²) >= 11 is 3.05. The molecule has 1 amide bonds. The molecule has 3 N–H and O–H groups in total. The van der Waals surface area contributed by atoms with E-state index in [1.807, 2.05) is 23.7 Å². The van der Waals surface area contributed by atoms with Crippen LogP contribution in [-0.4, -0.2) is 33.4 Å². The zero-order valence-electron chi connectivity index (χ0n) is 19.4. The van der Waals surface area contributed by atoms with Gasteiger partial charge >= 0.3 is 0 Å². The van der Waals surface area contributed by atoms with E-state index in [2.05, 4.69) is 71.6 Å². The van der Waals surface area contributed by atoms with Crippen molar-refractivity contribution in [2.75, 3.05) is 17.2 Å². The Kier molecular flexibility index (Phi) is 6.62. The van der Waals surface area contributed by atoms with Crippen LogP contribution in [0.2, 0.25) is 0 Å². The number of nitrogens with zero attached hydrogens (tertiary/aromatic N) is 3. The fourth-order valence-corrected chi connectivity index (χ4v) is 4.68. The maximum atomic E-state index is 12.5. The van der Waals surface area contributed by atoms with Gasteiger partial charge < -0.3 is 16.0 Å². The first kappa shape index (κ1) is 23.1. The molecule has 0 saturated heterocycles. The second-order valence-electron chi connectivity index (χ2n) is 9.36. The molecule has 7 nitrogen and oxygen atoms in total. The van der Waals surface area contributed by atoms with Gasteiger partial charge in [-0.2, -0.15) is 0 Å². The fraction of sp³-hybridized carbons (Fsp3) is 0.333. The standard InChI is InChI=1S/C24H28N6OS2/c1-14(2)28-18-9-21(29-15-6-7-17-20(8-15)33-13-27-17)25-10-16(18)23-30-19(11-32-23)22(31)26-12-24(3,4)5/h6-11,13-14H,12H2,1-5H3,(H,26,31)(H2,25,28,29). The molecule has 33 heavy (non-hydrogen) atoms. The zero-order valence-corrected chi connectivity index (χ0v) is 21.0. The Hall–Kier alpha value is -3.04. The van der Waals surface area contributed by atoms with Crippen LogP contribution in [0.5, 0.6) is 0 Å². The van der Waals surface area contributed by atoms with Crippen LogP contribution in [0.15, 0.2) is 41.4 Å². The highest BCUT2D eigenvalue weighted by molar-refractivity contribution is 7.16. The van der Waals surface area contributed by atoms with Crippen molar-refractivity contribution >= 4 is 56.0 Å². The maximum absolute atomic E-state index is 12.5. The van der Waals surface area contributed by atoms with Gasteiger partial charge in [-0.25, -0.2) is 15.0 Å². The minimum Gasteiger partial charge on any atom is -0.382 e. The maximum Gasteiger partial charge on any atom is 0.270 e. The molecule has 4 aromatic rings. The largest absolute Gasteiger partial charge is 0.382 e. The Morgan fingerprint density at radius 2 is 1.94 bits per heavy atom. The van der Waals surface area contributed by atoms with E-state index in [1.165, 1.54) is 11.3 Å². The van der Waals surface area contributed by atoms with Crippen molar-refractivity contribution in [3.8, 4) is 10.6 Å². The first-order chi connectivity index (χ1) is 15.7. The lowest BCUT2D eigenvalue weighted by molar-refractivity contribution is 0.0935. The van der Waals surface area contributed by atoms with E-state index in [1.54, 1.807) is 22.9 Å². The number of carbonyl (C=O) groups excluding carboxylic acids is 1. The topological polar surface area (TPSA) is 91.8 Å². The number of thiazole rings is 2. The van der Waals surface area contributed by atoms with Crippen molar-refractivity contribution in [1.29, 1.82) is 0 Å². The molecule has 4 rings (SSSR count). The highest BCUT2D eigenvalue weighted by Gasteiger charge is 2.18. The average Bonchev–Trinajstić information content (AvgIpc) is 3.40. The Balaban J connectivity index is 1.58. The molecule has 0 atom stereocenters. The molecule has 1 aromatic carbocycles. The molecular formula is C24H28N6OS2. The summed E-state index contributed by atoms with van der Waals surface area (Å²) in [7, 11) is 0. The van der Waals surface area contributed by atoms with Crippen molar-refractivity contribution in [2.45, 2.75) is 40.7 Å². The van der Waals surface area contributed by atoms with Crippen molar-refractivity contribution in [3.05, 3.63) is 47.0 Å². The minimum absolute atomic E-state index is 0.0140. The number of pyridine rings is 1. The number of aromatic nitrogens is 3. The van der Waals surface area contributed by atoms with Gasteiger partial charge in [0.1, 0.15) is 16.5 Å². The van der Waals surface area contributed by atoms with Gasteiger partial charge in [0.25, 0.3) is 5.91 Å². The van der Waals surface area contributed by atoms with Crippen LogP contribution in [0.25, 0.3) is 20.8 Å². The number of rotatable bonds is 7. The van der Waals surface area contributed by atoms with Crippen LogP contribution >= 0.6 is 22.7 Å². The Labute approximate surface area is 201 Å². The molecule has 0 aliphatic rings. The molecule has 0 saturated carbocycles. The van der Waals surface area contributed by atoms with Gasteiger partial charge in [-0.3, -0.25) is 4.79 Å². The lowest BCUT2D eigenvalue weighted by Crippen LogP contribution is -2.32. The Morgan fingerprint density at radius 3 is 2.70 bits per heavy atom. The second kappa shape index (κ2) is 9.44. The fourth-order valence-electron chi connectivity index (χ4n) is 3.14. The number of benzene rings is 1. The van der Waals surface area contributed by atoms with Gasteiger partial charge in [0.2, 0.25) is 0 Å². The van der Waals surface area contributed by atoms with E-state index < -0.39 is 0 Å². The quantitative estimate of drug-likeness (QED) is 0.294. The summed E-state index contributed by atoms with van der Waals surface area (Å²) in [6.07, 6.45) is 1.80. The highest BCUT2D eigenvalue weighted by Crippen LogP contribution is 2.33. The molecule has 3 aromatic heterocycles. The lowest BCUT2D eigenvalue weighted by Gasteiger charge is -2.18. The summed E-state index contributed by atoms with van der Waals surface area (Å²) in [5.74, 6) is 0.570. The van der Waals surface area contributed by atoms with Crippen molar-refractivity contribution in [1.82, 2.24) is 20.3 Å². The average molecular weight is 481 g/mol. The molecule has 0 fully saturated rings. The van der Waals surface area contributed by atoms with E-state index in [-0.39, 0.29) is 17.4 Å². The van der Waals surface area contributed by atoms with Gasteiger partial charge in [0, 0.05) is 41.6 Å². The van der Waals surface area contributed by atoms with Crippen LogP contribution in [0.1, 0.15) is 45.1 Å². The molecule has 9 heteroatoms. The van der Waals surface area contributed by atoms with Crippen LogP contribution in [-0.2, 0) is 0 Å². The first-order valence-corrected chi connectivity index (χ1v) is 12.5. The second-order valence-corrected chi connectivity index (χ2v) is 11.1. The normalized spacial score (nSPS) is 11.7. The summed E-state index contributed by atoms with van der Waals surface area (Å²) in [4.78, 5) is 26.0. The van der Waals surface area contributed by atoms with Gasteiger partial charge in [-0.05, 0) is 37.5 Å². The number of carbonyl (C=O) groups is 1. The molecule has 0 radical (unpaired) electrons. The third-order valence-corrected chi connectivity index (χ3v) is 6.37. The molecule has 0 aliphatic heterocycles. The number of hydrogen-bond acceptors (Lipinski definition) is 8.